The molecule has 1 saturated heterocycles. The molecule has 1 rings (SSSR count). The van der Waals surface area contributed by atoms with E-state index < -0.39 is 0 Å². The Labute approximate surface area is 201 Å². The summed E-state index contributed by atoms with van der Waals surface area (Å²) in [5, 5.41) is 20.8. The average molecular weight is 455 g/mol. The van der Waals surface area contributed by atoms with Crippen LogP contribution < -0.4 is 0 Å². The molecule has 0 spiro atoms. The third kappa shape index (κ3) is 17.3. The second-order valence-corrected chi connectivity index (χ2v) is 10.4. The molecule has 2 N–H and O–H groups in total. The number of hydrogen-bond donors (Lipinski definition) is 2. The maximum Gasteiger partial charge on any atom is 0.0667 e. The van der Waals surface area contributed by atoms with E-state index in [2.05, 4.69) is 23.6 Å². The number of piperazine rings is 1. The Morgan fingerprint density at radius 3 is 1.06 bits per heavy atom. The molecule has 4 nitrogen and oxygen atoms in total. The SMILES string of the molecule is CCCCCCCCCCC(O)CN1CCN(CC(O)CCCCCCCCCC)CC1. The number of unbranched alkanes of at least 4 members (excludes halogenated alkanes) is 14. The van der Waals surface area contributed by atoms with Gasteiger partial charge in [0.2, 0.25) is 0 Å². The third-order valence-electron chi connectivity index (χ3n) is 7.18. The molecule has 0 amide bonds. The maximum absolute atomic E-state index is 10.4. The molecule has 1 heterocycles. The number of nitrogens with zero attached hydrogens (tertiary/aromatic N) is 2. The number of aliphatic hydroxyl groups is 2. The molecule has 0 radical (unpaired) electrons. The number of β-amino-alcohol motifs (C(OH)–C–C–N with tert-alkyl or cyclic N) is 2. The summed E-state index contributed by atoms with van der Waals surface area (Å²) < 4.78 is 0. The first-order chi connectivity index (χ1) is 15.7. The lowest BCUT2D eigenvalue weighted by Crippen LogP contribution is -2.50. The number of aliphatic hydroxyl groups excluding tert-OH is 2. The Hall–Kier alpha value is -0.160. The fourth-order valence-electron chi connectivity index (χ4n) is 4.96. The number of rotatable bonds is 22. The predicted molar refractivity (Wildman–Crippen MR) is 139 cm³/mol. The molecule has 2 atom stereocenters. The summed E-state index contributed by atoms with van der Waals surface area (Å²) in [6.45, 7) is 10.3. The van der Waals surface area contributed by atoms with Crippen LogP contribution in [0.1, 0.15) is 129 Å². The number of hydrogen-bond acceptors (Lipinski definition) is 4. The fraction of sp³-hybridized carbons (Fsp3) is 1.00. The van der Waals surface area contributed by atoms with Gasteiger partial charge < -0.3 is 10.2 Å². The maximum atomic E-state index is 10.4. The quantitative estimate of drug-likeness (QED) is 0.186. The van der Waals surface area contributed by atoms with Crippen LogP contribution in [0.2, 0.25) is 0 Å². The van der Waals surface area contributed by atoms with Crippen molar-refractivity contribution in [1.29, 1.82) is 0 Å². The van der Waals surface area contributed by atoms with E-state index in [9.17, 15) is 10.2 Å². The van der Waals surface area contributed by atoms with Gasteiger partial charge in [0.15, 0.2) is 0 Å². The summed E-state index contributed by atoms with van der Waals surface area (Å²) in [5.41, 5.74) is 0. The molecule has 4 heteroatoms. The van der Waals surface area contributed by atoms with E-state index in [0.717, 1.165) is 52.1 Å². The van der Waals surface area contributed by atoms with E-state index in [1.165, 1.54) is 103 Å². The van der Waals surface area contributed by atoms with Gasteiger partial charge in [-0.3, -0.25) is 9.80 Å². The van der Waals surface area contributed by atoms with Crippen molar-refractivity contribution in [3.8, 4) is 0 Å². The van der Waals surface area contributed by atoms with Crippen LogP contribution in [0.5, 0.6) is 0 Å². The highest BCUT2D eigenvalue weighted by molar-refractivity contribution is 4.76. The van der Waals surface area contributed by atoms with Gasteiger partial charge in [0.25, 0.3) is 0 Å². The molecular weight excluding hydrogens is 396 g/mol. The van der Waals surface area contributed by atoms with Crippen molar-refractivity contribution >= 4 is 0 Å². The molecule has 1 fully saturated rings. The van der Waals surface area contributed by atoms with Crippen molar-refractivity contribution in [3.63, 3.8) is 0 Å². The van der Waals surface area contributed by atoms with Gasteiger partial charge in [0.05, 0.1) is 12.2 Å². The lowest BCUT2D eigenvalue weighted by Gasteiger charge is -2.36. The predicted octanol–water partition coefficient (Wildman–Crippen LogP) is 6.39. The highest BCUT2D eigenvalue weighted by atomic mass is 16.3. The van der Waals surface area contributed by atoms with Gasteiger partial charge in [-0.2, -0.15) is 0 Å². The molecule has 0 aromatic carbocycles. The standard InChI is InChI=1S/C28H58N2O2/c1-3-5-7-9-11-13-15-17-19-27(31)25-29-21-23-30(24-22-29)26-28(32)20-18-16-14-12-10-8-6-4-2/h27-28,31-32H,3-26H2,1-2H3. The van der Waals surface area contributed by atoms with Crippen molar-refractivity contribution in [1.82, 2.24) is 9.80 Å². The van der Waals surface area contributed by atoms with Crippen LogP contribution in [0.4, 0.5) is 0 Å². The molecule has 1 aliphatic rings. The van der Waals surface area contributed by atoms with Crippen LogP contribution in [-0.4, -0.2) is 71.5 Å². The van der Waals surface area contributed by atoms with Crippen LogP contribution in [-0.2, 0) is 0 Å². The second kappa shape index (κ2) is 21.4. The minimum atomic E-state index is -0.172. The summed E-state index contributed by atoms with van der Waals surface area (Å²) in [5.74, 6) is 0. The lowest BCUT2D eigenvalue weighted by atomic mass is 10.0. The summed E-state index contributed by atoms with van der Waals surface area (Å²) in [6, 6.07) is 0. The smallest absolute Gasteiger partial charge is 0.0667 e. The molecule has 0 bridgehead atoms. The van der Waals surface area contributed by atoms with E-state index in [1.807, 2.05) is 0 Å². The van der Waals surface area contributed by atoms with Gasteiger partial charge in [-0.1, -0.05) is 117 Å². The van der Waals surface area contributed by atoms with Crippen LogP contribution in [0.3, 0.4) is 0 Å². The van der Waals surface area contributed by atoms with E-state index >= 15 is 0 Å². The summed E-state index contributed by atoms with van der Waals surface area (Å²) >= 11 is 0. The zero-order chi connectivity index (χ0) is 23.3. The summed E-state index contributed by atoms with van der Waals surface area (Å²) in [6.07, 6.45) is 22.8. The Kier molecular flexibility index (Phi) is 20.0. The molecule has 1 aliphatic heterocycles. The molecule has 0 aliphatic carbocycles. The first kappa shape index (κ1) is 29.9. The normalized spacial score (nSPS) is 17.6. The van der Waals surface area contributed by atoms with E-state index in [4.69, 9.17) is 0 Å². The highest BCUT2D eigenvalue weighted by Crippen LogP contribution is 2.14. The molecule has 0 aromatic heterocycles. The Balaban J connectivity index is 1.95. The fourth-order valence-corrected chi connectivity index (χ4v) is 4.96. The van der Waals surface area contributed by atoms with Gasteiger partial charge in [-0.15, -0.1) is 0 Å². The molecule has 192 valence electrons. The van der Waals surface area contributed by atoms with E-state index in [0.29, 0.717) is 0 Å². The van der Waals surface area contributed by atoms with Gasteiger partial charge >= 0.3 is 0 Å². The zero-order valence-corrected chi connectivity index (χ0v) is 21.9. The Morgan fingerprint density at radius 2 is 0.750 bits per heavy atom. The lowest BCUT2D eigenvalue weighted by molar-refractivity contribution is 0.0434. The minimum absolute atomic E-state index is 0.172. The van der Waals surface area contributed by atoms with Crippen LogP contribution in [0, 0.1) is 0 Å². The van der Waals surface area contributed by atoms with Crippen molar-refractivity contribution in [2.75, 3.05) is 39.3 Å². The van der Waals surface area contributed by atoms with Gasteiger partial charge in [-0.05, 0) is 12.8 Å². The Morgan fingerprint density at radius 1 is 0.469 bits per heavy atom. The molecular formula is C28H58N2O2. The average Bonchev–Trinajstić information content (AvgIpc) is 2.78. The Bertz CT molecular complexity index is 350. The van der Waals surface area contributed by atoms with Crippen molar-refractivity contribution in [3.05, 3.63) is 0 Å². The van der Waals surface area contributed by atoms with Gasteiger partial charge in [0.1, 0.15) is 0 Å². The van der Waals surface area contributed by atoms with E-state index in [-0.39, 0.29) is 12.2 Å². The van der Waals surface area contributed by atoms with Gasteiger partial charge in [0, 0.05) is 39.3 Å². The zero-order valence-electron chi connectivity index (χ0n) is 21.9. The van der Waals surface area contributed by atoms with Crippen molar-refractivity contribution in [2.45, 2.75) is 142 Å². The summed E-state index contributed by atoms with van der Waals surface area (Å²) in [4.78, 5) is 4.83. The molecule has 0 aromatic rings. The second-order valence-electron chi connectivity index (χ2n) is 10.4. The van der Waals surface area contributed by atoms with Crippen LogP contribution >= 0.6 is 0 Å². The largest absolute Gasteiger partial charge is 0.392 e. The molecule has 32 heavy (non-hydrogen) atoms. The molecule has 0 saturated carbocycles. The third-order valence-corrected chi connectivity index (χ3v) is 7.18. The van der Waals surface area contributed by atoms with E-state index in [1.54, 1.807) is 0 Å². The topological polar surface area (TPSA) is 46.9 Å². The molecule has 2 unspecified atom stereocenters. The van der Waals surface area contributed by atoms with Crippen LogP contribution in [0.25, 0.3) is 0 Å². The minimum Gasteiger partial charge on any atom is -0.392 e. The van der Waals surface area contributed by atoms with Crippen molar-refractivity contribution in [2.24, 2.45) is 0 Å². The first-order valence-electron chi connectivity index (χ1n) is 14.5. The highest BCUT2D eigenvalue weighted by Gasteiger charge is 2.20. The monoisotopic (exact) mass is 454 g/mol. The van der Waals surface area contributed by atoms with Crippen LogP contribution in [0.15, 0.2) is 0 Å². The van der Waals surface area contributed by atoms with Crippen molar-refractivity contribution < 1.29 is 10.2 Å². The van der Waals surface area contributed by atoms with Gasteiger partial charge in [-0.25, -0.2) is 0 Å². The first-order valence-corrected chi connectivity index (χ1v) is 14.5. The summed E-state index contributed by atoms with van der Waals surface area (Å²) in [7, 11) is 0.